The molecule has 0 saturated heterocycles. The van der Waals surface area contributed by atoms with Gasteiger partial charge in [-0.2, -0.15) is 5.10 Å². The van der Waals surface area contributed by atoms with E-state index in [2.05, 4.69) is 5.10 Å². The first-order chi connectivity index (χ1) is 14.0. The number of benzene rings is 2. The molecule has 5 rings (SSSR count). The fraction of sp³-hybridized carbons (Fsp3) is 0.143. The summed E-state index contributed by atoms with van der Waals surface area (Å²) in [6, 6.07) is 12.0. The highest BCUT2D eigenvalue weighted by molar-refractivity contribution is 6.21. The summed E-state index contributed by atoms with van der Waals surface area (Å²) in [6.07, 6.45) is 2.17. The monoisotopic (exact) mass is 391 g/mol. The molecule has 0 N–H and O–H groups in total. The molecule has 2 aliphatic rings. The topological polar surface area (TPSA) is 81.5 Å². The second-order valence-corrected chi connectivity index (χ2v) is 6.84. The molecule has 144 valence electrons. The minimum atomic E-state index is -0.876. The van der Waals surface area contributed by atoms with E-state index in [1.807, 2.05) is 0 Å². The van der Waals surface area contributed by atoms with Crippen molar-refractivity contribution in [2.24, 2.45) is 0 Å². The van der Waals surface area contributed by atoms with Gasteiger partial charge < -0.3 is 4.84 Å². The van der Waals surface area contributed by atoms with E-state index < -0.39 is 17.8 Å². The van der Waals surface area contributed by atoms with Gasteiger partial charge in [0.15, 0.2) is 5.69 Å². The van der Waals surface area contributed by atoms with Gasteiger partial charge in [0, 0.05) is 11.3 Å². The maximum Gasteiger partial charge on any atom is 0.384 e. The predicted molar refractivity (Wildman–Crippen MR) is 97.9 cm³/mol. The number of imide groups is 1. The lowest BCUT2D eigenvalue weighted by Crippen LogP contribution is -2.33. The standard InChI is InChI=1S/C21H14FN3O4/c22-12-8-10-13(11-9-12)24-17-7-3-6-16(17)18(23-24)21(28)29-25-19(26)14-4-1-2-5-15(14)20(25)27/h1-2,4-5,8-11H,3,6-7H2. The summed E-state index contributed by atoms with van der Waals surface area (Å²) >= 11 is 0. The molecular weight excluding hydrogens is 377 g/mol. The molecule has 0 fully saturated rings. The van der Waals surface area contributed by atoms with Gasteiger partial charge >= 0.3 is 5.97 Å². The van der Waals surface area contributed by atoms with Gasteiger partial charge in [-0.05, 0) is 55.7 Å². The fourth-order valence-electron chi connectivity index (χ4n) is 3.77. The number of rotatable bonds is 3. The minimum absolute atomic E-state index is 0.0541. The number of fused-ring (bicyclic) bond motifs is 2. The molecule has 0 atom stereocenters. The second-order valence-electron chi connectivity index (χ2n) is 6.84. The van der Waals surface area contributed by atoms with Crippen LogP contribution in [-0.4, -0.2) is 32.6 Å². The normalized spacial score (nSPS) is 14.9. The van der Waals surface area contributed by atoms with Crippen LogP contribution in [0.2, 0.25) is 0 Å². The molecule has 2 heterocycles. The number of nitrogens with zero attached hydrogens (tertiary/aromatic N) is 3. The van der Waals surface area contributed by atoms with Crippen LogP contribution in [0.5, 0.6) is 0 Å². The average Bonchev–Trinajstić information content (AvgIpc) is 3.39. The molecular formula is C21H14FN3O4. The predicted octanol–water partition coefficient (Wildman–Crippen LogP) is 2.87. The van der Waals surface area contributed by atoms with Crippen molar-refractivity contribution in [2.45, 2.75) is 19.3 Å². The Kier molecular flexibility index (Phi) is 3.80. The first kappa shape index (κ1) is 17.3. The third-order valence-electron chi connectivity index (χ3n) is 5.13. The van der Waals surface area contributed by atoms with E-state index in [4.69, 9.17) is 4.84 Å². The lowest BCUT2D eigenvalue weighted by Gasteiger charge is -2.12. The van der Waals surface area contributed by atoms with Crippen LogP contribution in [0.3, 0.4) is 0 Å². The summed E-state index contributed by atoms with van der Waals surface area (Å²) in [6.45, 7) is 0. The number of halogens is 1. The highest BCUT2D eigenvalue weighted by Gasteiger charge is 2.40. The summed E-state index contributed by atoms with van der Waals surface area (Å²) in [4.78, 5) is 42.8. The Morgan fingerprint density at radius 1 is 0.966 bits per heavy atom. The van der Waals surface area contributed by atoms with Crippen LogP contribution in [0, 0.1) is 5.82 Å². The van der Waals surface area contributed by atoms with Crippen molar-refractivity contribution < 1.29 is 23.6 Å². The fourth-order valence-corrected chi connectivity index (χ4v) is 3.77. The Bertz CT molecular complexity index is 1150. The molecule has 0 unspecified atom stereocenters. The zero-order valence-corrected chi connectivity index (χ0v) is 15.1. The van der Waals surface area contributed by atoms with Crippen molar-refractivity contribution in [3.63, 3.8) is 0 Å². The molecule has 7 nitrogen and oxygen atoms in total. The number of amides is 2. The van der Waals surface area contributed by atoms with Crippen LogP contribution in [0.25, 0.3) is 5.69 Å². The quantitative estimate of drug-likeness (QED) is 0.642. The Morgan fingerprint density at radius 3 is 2.28 bits per heavy atom. The lowest BCUT2D eigenvalue weighted by atomic mass is 10.1. The minimum Gasteiger partial charge on any atom is -0.322 e. The van der Waals surface area contributed by atoms with E-state index in [0.717, 1.165) is 17.7 Å². The van der Waals surface area contributed by atoms with Crippen LogP contribution >= 0.6 is 0 Å². The van der Waals surface area contributed by atoms with E-state index in [1.165, 1.54) is 24.3 Å². The number of carbonyl (C=O) groups excluding carboxylic acids is 3. The van der Waals surface area contributed by atoms with Crippen molar-refractivity contribution in [3.8, 4) is 5.69 Å². The first-order valence-corrected chi connectivity index (χ1v) is 9.11. The van der Waals surface area contributed by atoms with Crippen molar-refractivity contribution >= 4 is 17.8 Å². The Balaban J connectivity index is 1.47. The highest BCUT2D eigenvalue weighted by Crippen LogP contribution is 2.29. The van der Waals surface area contributed by atoms with Crippen molar-refractivity contribution in [3.05, 3.63) is 82.4 Å². The molecule has 1 aromatic heterocycles. The molecule has 3 aromatic rings. The number of hydroxylamine groups is 2. The number of aromatic nitrogens is 2. The lowest BCUT2D eigenvalue weighted by molar-refractivity contribution is -0.0589. The van der Waals surface area contributed by atoms with Crippen molar-refractivity contribution in [2.75, 3.05) is 0 Å². The number of carbonyl (C=O) groups is 3. The van der Waals surface area contributed by atoms with Gasteiger partial charge in [0.2, 0.25) is 0 Å². The maximum absolute atomic E-state index is 13.3. The van der Waals surface area contributed by atoms with E-state index in [1.54, 1.807) is 28.9 Å². The van der Waals surface area contributed by atoms with Crippen LogP contribution < -0.4 is 0 Å². The molecule has 0 bridgehead atoms. The third-order valence-corrected chi connectivity index (χ3v) is 5.13. The molecule has 8 heteroatoms. The molecule has 1 aliphatic heterocycles. The summed E-state index contributed by atoms with van der Waals surface area (Å²) in [5, 5.41) is 4.82. The molecule has 2 aromatic carbocycles. The summed E-state index contributed by atoms with van der Waals surface area (Å²) in [5.41, 5.74) is 2.60. The third kappa shape index (κ3) is 2.64. The zero-order valence-electron chi connectivity index (χ0n) is 15.1. The van der Waals surface area contributed by atoms with E-state index in [9.17, 15) is 18.8 Å². The first-order valence-electron chi connectivity index (χ1n) is 9.11. The highest BCUT2D eigenvalue weighted by atomic mass is 19.1. The van der Waals surface area contributed by atoms with E-state index in [-0.39, 0.29) is 22.6 Å². The molecule has 0 saturated carbocycles. The van der Waals surface area contributed by atoms with Gasteiger partial charge in [0.1, 0.15) is 5.82 Å². The maximum atomic E-state index is 13.3. The molecule has 2 amide bonds. The molecule has 0 radical (unpaired) electrons. The van der Waals surface area contributed by atoms with Crippen LogP contribution in [-0.2, 0) is 17.7 Å². The Labute approximate surface area is 164 Å². The molecule has 0 spiro atoms. The Morgan fingerprint density at radius 2 is 1.62 bits per heavy atom. The summed E-state index contributed by atoms with van der Waals surface area (Å²) in [5.74, 6) is -2.62. The second kappa shape index (κ2) is 6.37. The SMILES string of the molecule is O=C(ON1C(=O)c2ccccc2C1=O)c1nn(-c2ccc(F)cc2)c2c1CCC2. The largest absolute Gasteiger partial charge is 0.384 e. The summed E-state index contributed by atoms with van der Waals surface area (Å²) < 4.78 is 14.8. The van der Waals surface area contributed by atoms with Gasteiger partial charge in [-0.1, -0.05) is 17.2 Å². The van der Waals surface area contributed by atoms with Gasteiger partial charge in [0.05, 0.1) is 16.8 Å². The summed E-state index contributed by atoms with van der Waals surface area (Å²) in [7, 11) is 0. The van der Waals surface area contributed by atoms with Crippen molar-refractivity contribution in [1.82, 2.24) is 14.8 Å². The average molecular weight is 391 g/mol. The number of hydrogen-bond acceptors (Lipinski definition) is 5. The van der Waals surface area contributed by atoms with Crippen LogP contribution in [0.1, 0.15) is 48.9 Å². The van der Waals surface area contributed by atoms with E-state index >= 15 is 0 Å². The van der Waals surface area contributed by atoms with Gasteiger partial charge in [-0.15, -0.1) is 0 Å². The Hall–Kier alpha value is -3.81. The zero-order chi connectivity index (χ0) is 20.1. The smallest absolute Gasteiger partial charge is 0.322 e. The van der Waals surface area contributed by atoms with Crippen LogP contribution in [0.15, 0.2) is 48.5 Å². The van der Waals surface area contributed by atoms with Gasteiger partial charge in [-0.25, -0.2) is 13.9 Å². The molecule has 29 heavy (non-hydrogen) atoms. The van der Waals surface area contributed by atoms with Gasteiger partial charge in [-0.3, -0.25) is 9.59 Å². The van der Waals surface area contributed by atoms with Gasteiger partial charge in [0.25, 0.3) is 11.8 Å². The molecule has 1 aliphatic carbocycles. The van der Waals surface area contributed by atoms with Crippen LogP contribution in [0.4, 0.5) is 4.39 Å². The van der Waals surface area contributed by atoms with Crippen molar-refractivity contribution in [1.29, 1.82) is 0 Å². The number of hydrogen-bond donors (Lipinski definition) is 0. The van der Waals surface area contributed by atoms with E-state index in [0.29, 0.717) is 23.6 Å².